The number of amides is 3. The number of carbonyl (C=O) groups is 3. The SMILES string of the molecule is COCCCN1C(=O)c2ccc(C(=O)Nc3ccc(-n4cnc5ccccc54)nc3)cc2C1=O. The van der Waals surface area contributed by atoms with Gasteiger partial charge in [0.15, 0.2) is 0 Å². The molecule has 5 rings (SSSR count). The Hall–Kier alpha value is -4.37. The minimum absolute atomic E-state index is 0.232. The number of hydrogen-bond donors (Lipinski definition) is 1. The number of imidazole rings is 1. The standard InChI is InChI=1S/C25H21N5O4/c1-34-12-4-11-29-24(32)18-9-7-16(13-19(18)25(29)33)23(31)28-17-8-10-22(26-14-17)30-15-27-20-5-2-3-6-21(20)30/h2-3,5-10,13-15H,4,11-12H2,1H3,(H,28,31). The van der Waals surface area contributed by atoms with Gasteiger partial charge < -0.3 is 10.1 Å². The number of pyridine rings is 1. The monoisotopic (exact) mass is 455 g/mol. The van der Waals surface area contributed by atoms with E-state index < -0.39 is 11.8 Å². The van der Waals surface area contributed by atoms with E-state index in [0.717, 1.165) is 11.0 Å². The summed E-state index contributed by atoms with van der Waals surface area (Å²) in [4.78, 5) is 48.0. The Morgan fingerprint density at radius 3 is 2.62 bits per heavy atom. The fourth-order valence-electron chi connectivity index (χ4n) is 3.95. The van der Waals surface area contributed by atoms with Gasteiger partial charge in [0.2, 0.25) is 0 Å². The van der Waals surface area contributed by atoms with Crippen molar-refractivity contribution < 1.29 is 19.1 Å². The number of hydrogen-bond acceptors (Lipinski definition) is 6. The quantitative estimate of drug-likeness (QED) is 0.339. The predicted octanol–water partition coefficient (Wildman–Crippen LogP) is 3.31. The van der Waals surface area contributed by atoms with Gasteiger partial charge in [-0.05, 0) is 48.9 Å². The zero-order valence-electron chi connectivity index (χ0n) is 18.4. The van der Waals surface area contributed by atoms with E-state index in [-0.39, 0.29) is 23.6 Å². The molecule has 0 unspecified atom stereocenters. The van der Waals surface area contributed by atoms with Gasteiger partial charge in [-0.2, -0.15) is 0 Å². The molecule has 2 aromatic carbocycles. The average molecular weight is 455 g/mol. The Balaban J connectivity index is 1.31. The first-order chi connectivity index (χ1) is 16.6. The maximum absolute atomic E-state index is 12.8. The molecule has 0 spiro atoms. The lowest BCUT2D eigenvalue weighted by Crippen LogP contribution is -2.31. The highest BCUT2D eigenvalue weighted by molar-refractivity contribution is 6.22. The van der Waals surface area contributed by atoms with Gasteiger partial charge in [0.05, 0.1) is 34.0 Å². The fourth-order valence-corrected chi connectivity index (χ4v) is 3.95. The smallest absolute Gasteiger partial charge is 0.261 e. The highest BCUT2D eigenvalue weighted by atomic mass is 16.5. The van der Waals surface area contributed by atoms with Crippen LogP contribution in [-0.2, 0) is 4.74 Å². The van der Waals surface area contributed by atoms with Crippen molar-refractivity contribution in [1.82, 2.24) is 19.4 Å². The number of fused-ring (bicyclic) bond motifs is 2. The van der Waals surface area contributed by atoms with Gasteiger partial charge in [-0.25, -0.2) is 9.97 Å². The van der Waals surface area contributed by atoms with Crippen LogP contribution in [0.5, 0.6) is 0 Å². The highest BCUT2D eigenvalue weighted by Crippen LogP contribution is 2.25. The van der Waals surface area contributed by atoms with Gasteiger partial charge in [-0.1, -0.05) is 12.1 Å². The Morgan fingerprint density at radius 2 is 1.82 bits per heavy atom. The van der Waals surface area contributed by atoms with Gasteiger partial charge >= 0.3 is 0 Å². The van der Waals surface area contributed by atoms with Crippen LogP contribution >= 0.6 is 0 Å². The maximum atomic E-state index is 12.8. The molecule has 9 heteroatoms. The van der Waals surface area contributed by atoms with Crippen LogP contribution in [0.4, 0.5) is 5.69 Å². The summed E-state index contributed by atoms with van der Waals surface area (Å²) in [6, 6.07) is 15.8. The van der Waals surface area contributed by atoms with E-state index in [1.165, 1.54) is 23.1 Å². The van der Waals surface area contributed by atoms with Crippen molar-refractivity contribution in [2.24, 2.45) is 0 Å². The molecule has 0 atom stereocenters. The third-order valence-corrected chi connectivity index (χ3v) is 5.67. The fraction of sp³-hybridized carbons (Fsp3) is 0.160. The third-order valence-electron chi connectivity index (χ3n) is 5.67. The lowest BCUT2D eigenvalue weighted by atomic mass is 10.1. The van der Waals surface area contributed by atoms with Gasteiger partial charge in [0, 0.05) is 25.8 Å². The first-order valence-electron chi connectivity index (χ1n) is 10.8. The van der Waals surface area contributed by atoms with E-state index in [4.69, 9.17) is 4.74 Å². The Kier molecular flexibility index (Phi) is 5.60. The molecule has 9 nitrogen and oxygen atoms in total. The second-order valence-electron chi connectivity index (χ2n) is 7.83. The molecule has 3 amide bonds. The number of carbonyl (C=O) groups excluding carboxylic acids is 3. The van der Waals surface area contributed by atoms with Crippen LogP contribution in [0, 0.1) is 0 Å². The molecular weight excluding hydrogens is 434 g/mol. The van der Waals surface area contributed by atoms with Crippen molar-refractivity contribution in [3.63, 3.8) is 0 Å². The van der Waals surface area contributed by atoms with Gasteiger partial charge in [0.25, 0.3) is 17.7 Å². The van der Waals surface area contributed by atoms with E-state index in [0.29, 0.717) is 30.1 Å². The summed E-state index contributed by atoms with van der Waals surface area (Å²) >= 11 is 0. The van der Waals surface area contributed by atoms with Crippen LogP contribution in [0.3, 0.4) is 0 Å². The minimum atomic E-state index is -0.400. The highest BCUT2D eigenvalue weighted by Gasteiger charge is 2.35. The van der Waals surface area contributed by atoms with E-state index in [2.05, 4.69) is 15.3 Å². The molecule has 1 N–H and O–H groups in total. The van der Waals surface area contributed by atoms with Crippen LogP contribution in [0.25, 0.3) is 16.9 Å². The summed E-state index contributed by atoms with van der Waals surface area (Å²) in [5.74, 6) is -0.482. The summed E-state index contributed by atoms with van der Waals surface area (Å²) in [6.07, 6.45) is 3.81. The maximum Gasteiger partial charge on any atom is 0.261 e. The number of para-hydroxylation sites is 2. The number of aromatic nitrogens is 3. The van der Waals surface area contributed by atoms with E-state index in [9.17, 15) is 14.4 Å². The zero-order valence-corrected chi connectivity index (χ0v) is 18.4. The molecule has 0 saturated carbocycles. The van der Waals surface area contributed by atoms with Crippen molar-refractivity contribution in [1.29, 1.82) is 0 Å². The second-order valence-corrected chi connectivity index (χ2v) is 7.83. The molecule has 170 valence electrons. The molecule has 2 aromatic heterocycles. The minimum Gasteiger partial charge on any atom is -0.385 e. The first-order valence-corrected chi connectivity index (χ1v) is 10.8. The van der Waals surface area contributed by atoms with E-state index in [1.807, 2.05) is 28.8 Å². The molecular formula is C25H21N5O4. The summed E-state index contributed by atoms with van der Waals surface area (Å²) in [6.45, 7) is 0.719. The normalized spacial score (nSPS) is 12.9. The van der Waals surface area contributed by atoms with Gasteiger partial charge in [-0.3, -0.25) is 23.9 Å². The zero-order chi connectivity index (χ0) is 23.7. The Morgan fingerprint density at radius 1 is 1.00 bits per heavy atom. The number of rotatable bonds is 7. The summed E-state index contributed by atoms with van der Waals surface area (Å²) < 4.78 is 6.86. The van der Waals surface area contributed by atoms with Crippen LogP contribution < -0.4 is 5.32 Å². The molecule has 0 fully saturated rings. The van der Waals surface area contributed by atoms with Crippen LogP contribution in [-0.4, -0.2) is 57.4 Å². The van der Waals surface area contributed by atoms with Crippen molar-refractivity contribution in [3.8, 4) is 5.82 Å². The van der Waals surface area contributed by atoms with Gasteiger partial charge in [0.1, 0.15) is 12.1 Å². The lowest BCUT2D eigenvalue weighted by Gasteiger charge is -2.12. The van der Waals surface area contributed by atoms with E-state index >= 15 is 0 Å². The number of nitrogens with zero attached hydrogens (tertiary/aromatic N) is 4. The number of nitrogens with one attached hydrogen (secondary N) is 1. The largest absolute Gasteiger partial charge is 0.385 e. The van der Waals surface area contributed by atoms with Gasteiger partial charge in [-0.15, -0.1) is 0 Å². The summed E-state index contributed by atoms with van der Waals surface area (Å²) in [5, 5.41) is 2.79. The topological polar surface area (TPSA) is 106 Å². The molecule has 1 aliphatic rings. The molecule has 0 bridgehead atoms. The van der Waals surface area contributed by atoms with Crippen LogP contribution in [0.1, 0.15) is 37.5 Å². The molecule has 0 saturated heterocycles. The molecule has 0 radical (unpaired) electrons. The molecule has 1 aliphatic heterocycles. The lowest BCUT2D eigenvalue weighted by molar-refractivity contribution is 0.0638. The number of benzene rings is 2. The Bertz CT molecular complexity index is 1410. The molecule has 4 aromatic rings. The van der Waals surface area contributed by atoms with Crippen LogP contribution in [0.2, 0.25) is 0 Å². The summed E-state index contributed by atoms with van der Waals surface area (Å²) in [5.41, 5.74) is 3.11. The predicted molar refractivity (Wildman–Crippen MR) is 125 cm³/mol. The van der Waals surface area contributed by atoms with E-state index in [1.54, 1.807) is 31.8 Å². The average Bonchev–Trinajstić information content (AvgIpc) is 3.39. The number of anilines is 1. The number of imide groups is 1. The van der Waals surface area contributed by atoms with Crippen molar-refractivity contribution >= 4 is 34.4 Å². The first kappa shape index (κ1) is 21.5. The van der Waals surface area contributed by atoms with Crippen molar-refractivity contribution in [2.45, 2.75) is 6.42 Å². The van der Waals surface area contributed by atoms with Crippen molar-refractivity contribution in [3.05, 3.63) is 83.8 Å². The van der Waals surface area contributed by atoms with Crippen LogP contribution in [0.15, 0.2) is 67.1 Å². The third kappa shape index (κ3) is 3.82. The Labute approximate surface area is 195 Å². The second kappa shape index (κ2) is 8.87. The molecule has 34 heavy (non-hydrogen) atoms. The number of ether oxygens (including phenoxy) is 1. The summed E-state index contributed by atoms with van der Waals surface area (Å²) in [7, 11) is 1.57. The van der Waals surface area contributed by atoms with Crippen molar-refractivity contribution in [2.75, 3.05) is 25.6 Å². The number of methoxy groups -OCH3 is 1. The molecule has 0 aliphatic carbocycles. The molecule has 3 heterocycles.